The van der Waals surface area contributed by atoms with E-state index in [-0.39, 0.29) is 17.9 Å². The number of halogens is 1. The van der Waals surface area contributed by atoms with Gasteiger partial charge in [0.05, 0.1) is 23.5 Å². The first-order chi connectivity index (χ1) is 16.5. The number of nitrogens with zero attached hydrogens (tertiary/aromatic N) is 7. The van der Waals surface area contributed by atoms with Crippen LogP contribution in [0.3, 0.4) is 0 Å². The molecule has 8 nitrogen and oxygen atoms in total. The smallest absolute Gasteiger partial charge is 0.129 e. The largest absolute Gasteiger partial charge is 0.350 e. The quantitative estimate of drug-likeness (QED) is 0.470. The van der Waals surface area contributed by atoms with Gasteiger partial charge in [-0.3, -0.25) is 4.68 Å². The van der Waals surface area contributed by atoms with Gasteiger partial charge in [0.1, 0.15) is 11.9 Å². The number of nitriles is 1. The molecule has 0 amide bonds. The Morgan fingerprint density at radius 2 is 1.80 bits per heavy atom. The van der Waals surface area contributed by atoms with Crippen LogP contribution in [-0.2, 0) is 7.05 Å². The van der Waals surface area contributed by atoms with E-state index in [0.717, 1.165) is 52.3 Å². The van der Waals surface area contributed by atoms with E-state index in [1.165, 1.54) is 19.3 Å². The summed E-state index contributed by atoms with van der Waals surface area (Å²) < 4.78 is 3.57. The van der Waals surface area contributed by atoms with Gasteiger partial charge in [0.2, 0.25) is 0 Å². The molecule has 4 aliphatic rings. The molecule has 4 fully saturated rings. The molecule has 2 saturated heterocycles. The summed E-state index contributed by atoms with van der Waals surface area (Å²) in [7, 11) is 1.90. The van der Waals surface area contributed by atoms with Crippen molar-refractivity contribution < 1.29 is 0 Å². The van der Waals surface area contributed by atoms with Crippen molar-refractivity contribution in [3.63, 3.8) is 0 Å². The van der Waals surface area contributed by atoms with Crippen molar-refractivity contribution in [2.24, 2.45) is 18.7 Å². The maximum atomic E-state index is 9.69. The zero-order chi connectivity index (χ0) is 23.0. The minimum atomic E-state index is 0. The third-order valence-electron chi connectivity index (χ3n) is 8.07. The lowest BCUT2D eigenvalue weighted by Crippen LogP contribution is -2.67. The zero-order valence-corrected chi connectivity index (χ0v) is 20.3. The topological polar surface area (TPSA) is 101 Å². The molecule has 0 radical (unpaired) electrons. The third kappa shape index (κ3) is 3.41. The van der Waals surface area contributed by atoms with E-state index in [1.807, 2.05) is 31.8 Å². The first-order valence-electron chi connectivity index (χ1n) is 11.9. The van der Waals surface area contributed by atoms with E-state index in [9.17, 15) is 5.26 Å². The fourth-order valence-corrected chi connectivity index (χ4v) is 6.91. The van der Waals surface area contributed by atoms with Gasteiger partial charge in [-0.2, -0.15) is 15.5 Å². The van der Waals surface area contributed by atoms with Gasteiger partial charge in [-0.05, 0) is 56.2 Å². The number of hydrogen-bond acceptors (Lipinski definition) is 6. The lowest BCUT2D eigenvalue weighted by molar-refractivity contribution is 0.0648. The van der Waals surface area contributed by atoms with Crippen LogP contribution in [0, 0.1) is 17.2 Å². The summed E-state index contributed by atoms with van der Waals surface area (Å²) in [5.74, 6) is 1.81. The molecule has 2 saturated carbocycles. The molecule has 178 valence electrons. The van der Waals surface area contributed by atoms with Gasteiger partial charge in [-0.25, -0.2) is 9.50 Å². The van der Waals surface area contributed by atoms with E-state index in [0.29, 0.717) is 17.6 Å². The zero-order valence-electron chi connectivity index (χ0n) is 19.5. The third-order valence-corrected chi connectivity index (χ3v) is 8.07. The van der Waals surface area contributed by atoms with E-state index in [1.54, 1.807) is 15.4 Å². The molecule has 4 aromatic rings. The molecule has 2 N–H and O–H groups in total. The van der Waals surface area contributed by atoms with Gasteiger partial charge in [0, 0.05) is 65.5 Å². The predicted octanol–water partition coefficient (Wildman–Crippen LogP) is 3.94. The Kier molecular flexibility index (Phi) is 4.92. The summed E-state index contributed by atoms with van der Waals surface area (Å²) in [6, 6.07) is 9.64. The van der Waals surface area contributed by atoms with Crippen LogP contribution in [0.4, 0.5) is 5.82 Å². The molecule has 2 aliphatic heterocycles. The first kappa shape index (κ1) is 22.1. The number of piperidine rings is 2. The standard InChI is InChI=1S/C26H26N8.ClH/c1-32-14-20(13-30-32)18-6-23(25-19(10-27)12-31-33(25)15-18)17-2-3-24(29-11-17)34-21-4-16-5-22(34)9-26(28,7-16)8-21;/h2-3,6,11-16,21-22H,4-5,7-9,28H2,1H3;1H. The van der Waals surface area contributed by atoms with Crippen molar-refractivity contribution in [3.8, 4) is 28.3 Å². The van der Waals surface area contributed by atoms with E-state index >= 15 is 0 Å². The lowest BCUT2D eigenvalue weighted by atomic mass is 9.60. The van der Waals surface area contributed by atoms with E-state index < -0.39 is 0 Å². The molecule has 4 aromatic heterocycles. The summed E-state index contributed by atoms with van der Waals surface area (Å²) in [5.41, 5.74) is 12.0. The summed E-state index contributed by atoms with van der Waals surface area (Å²) in [6.07, 6.45) is 15.1. The molecule has 2 unspecified atom stereocenters. The number of rotatable bonds is 3. The Morgan fingerprint density at radius 3 is 2.43 bits per heavy atom. The highest BCUT2D eigenvalue weighted by atomic mass is 35.5. The highest BCUT2D eigenvalue weighted by molar-refractivity contribution is 5.87. The number of pyridine rings is 2. The van der Waals surface area contributed by atoms with Crippen LogP contribution >= 0.6 is 12.4 Å². The maximum Gasteiger partial charge on any atom is 0.129 e. The van der Waals surface area contributed by atoms with Crippen LogP contribution in [0.5, 0.6) is 0 Å². The summed E-state index contributed by atoms with van der Waals surface area (Å²) in [4.78, 5) is 7.47. The van der Waals surface area contributed by atoms with Crippen LogP contribution in [0.1, 0.15) is 37.7 Å². The number of anilines is 1. The number of aromatic nitrogens is 5. The number of nitrogens with two attached hydrogens (primary N) is 1. The van der Waals surface area contributed by atoms with E-state index in [4.69, 9.17) is 10.7 Å². The van der Waals surface area contributed by atoms with Crippen LogP contribution in [0.25, 0.3) is 27.8 Å². The van der Waals surface area contributed by atoms with Crippen molar-refractivity contribution in [3.05, 3.63) is 54.7 Å². The minimum absolute atomic E-state index is 0. The molecule has 4 bridgehead atoms. The normalized spacial score (nSPS) is 26.7. The van der Waals surface area contributed by atoms with Crippen LogP contribution in [0.15, 0.2) is 49.2 Å². The first-order valence-corrected chi connectivity index (χ1v) is 11.9. The molecule has 8 rings (SSSR count). The molecule has 0 spiro atoms. The van der Waals surface area contributed by atoms with Crippen LogP contribution < -0.4 is 10.6 Å². The van der Waals surface area contributed by atoms with Crippen molar-refractivity contribution in [2.45, 2.75) is 49.7 Å². The average Bonchev–Trinajstić information content (AvgIpc) is 3.43. The predicted molar refractivity (Wildman–Crippen MR) is 136 cm³/mol. The average molecular weight is 487 g/mol. The monoisotopic (exact) mass is 486 g/mol. The molecule has 9 heteroatoms. The summed E-state index contributed by atoms with van der Waals surface area (Å²) in [6.45, 7) is 0. The fraction of sp³-hybridized carbons (Fsp3) is 0.385. The van der Waals surface area contributed by atoms with Gasteiger partial charge in [-0.15, -0.1) is 12.4 Å². The van der Waals surface area contributed by atoms with Gasteiger partial charge in [-0.1, -0.05) is 0 Å². The van der Waals surface area contributed by atoms with Gasteiger partial charge in [0.25, 0.3) is 0 Å². The van der Waals surface area contributed by atoms with Gasteiger partial charge in [0.15, 0.2) is 0 Å². The second-order valence-corrected chi connectivity index (χ2v) is 10.4. The number of aryl methyl sites for hydroxylation is 1. The SMILES string of the molecule is Cl.Cn1cc(-c2cc(-c3ccc(N4C5CC6CC4CC(N)(C6)C5)nc3)c3c(C#N)cnn3c2)cn1. The highest BCUT2D eigenvalue weighted by Gasteiger charge is 2.53. The van der Waals surface area contributed by atoms with Gasteiger partial charge >= 0.3 is 0 Å². The molecule has 2 atom stereocenters. The Hall–Kier alpha value is -3.41. The van der Waals surface area contributed by atoms with Gasteiger partial charge < -0.3 is 10.6 Å². The van der Waals surface area contributed by atoms with E-state index in [2.05, 4.69) is 39.4 Å². The van der Waals surface area contributed by atoms with Crippen molar-refractivity contribution in [2.75, 3.05) is 4.90 Å². The molecule has 2 aliphatic carbocycles. The Balaban J connectivity index is 0.00000229. The summed E-state index contributed by atoms with van der Waals surface area (Å²) in [5, 5.41) is 18.4. The highest BCUT2D eigenvalue weighted by Crippen LogP contribution is 2.51. The van der Waals surface area contributed by atoms with Crippen molar-refractivity contribution >= 4 is 23.7 Å². The Labute approximate surface area is 209 Å². The molecule has 35 heavy (non-hydrogen) atoms. The van der Waals surface area contributed by atoms with Crippen LogP contribution in [0.2, 0.25) is 0 Å². The molecule has 0 aromatic carbocycles. The molecular weight excluding hydrogens is 460 g/mol. The Bertz CT molecular complexity index is 1450. The molecular formula is C26H27ClN8. The second-order valence-electron chi connectivity index (χ2n) is 10.4. The second kappa shape index (κ2) is 7.80. The maximum absolute atomic E-state index is 9.69. The fourth-order valence-electron chi connectivity index (χ4n) is 6.91. The summed E-state index contributed by atoms with van der Waals surface area (Å²) >= 11 is 0. The molecule has 6 heterocycles. The number of fused-ring (bicyclic) bond motifs is 1. The van der Waals surface area contributed by atoms with Crippen LogP contribution in [-0.4, -0.2) is 42.0 Å². The Morgan fingerprint density at radius 1 is 1.00 bits per heavy atom. The minimum Gasteiger partial charge on any atom is -0.350 e. The van der Waals surface area contributed by atoms with Crippen molar-refractivity contribution in [1.29, 1.82) is 5.26 Å². The van der Waals surface area contributed by atoms with Crippen molar-refractivity contribution in [1.82, 2.24) is 24.4 Å². The number of hydrogen-bond donors (Lipinski definition) is 1. The lowest BCUT2D eigenvalue weighted by Gasteiger charge is -2.60.